The van der Waals surface area contributed by atoms with Crippen molar-refractivity contribution in [2.75, 3.05) is 6.54 Å². The van der Waals surface area contributed by atoms with E-state index in [0.29, 0.717) is 29.1 Å². The Morgan fingerprint density at radius 3 is 2.44 bits per heavy atom. The first-order valence-electron chi connectivity index (χ1n) is 8.71. The number of halogens is 1. The third-order valence-corrected chi connectivity index (χ3v) is 5.39. The summed E-state index contributed by atoms with van der Waals surface area (Å²) in [6, 6.07) is 20.8. The molecule has 0 aromatic heterocycles. The van der Waals surface area contributed by atoms with Gasteiger partial charge < -0.3 is 16.2 Å². The number of benzene rings is 3. The molecule has 3 aromatic rings. The van der Waals surface area contributed by atoms with E-state index >= 15 is 0 Å². The van der Waals surface area contributed by atoms with Crippen LogP contribution in [0.25, 0.3) is 11.1 Å². The van der Waals surface area contributed by atoms with E-state index in [1.807, 2.05) is 48.5 Å². The van der Waals surface area contributed by atoms with Crippen molar-refractivity contribution in [2.24, 2.45) is 11.5 Å². The summed E-state index contributed by atoms with van der Waals surface area (Å²) in [4.78, 5) is 11.9. The molecule has 0 saturated heterocycles. The van der Waals surface area contributed by atoms with Crippen LogP contribution < -0.4 is 16.2 Å². The summed E-state index contributed by atoms with van der Waals surface area (Å²) in [6.07, 6.45) is 0.561. The maximum Gasteiger partial charge on any atom is 0.249 e. The molecule has 5 heteroatoms. The molecule has 1 atom stereocenters. The standard InChI is InChI=1S/C22H19ClN2O2/c23-18-10-11-19-17(20(18)15-8-4-5-9-16(15)21(25)26)12-22(13-24,27-19)14-6-2-1-3-7-14/h1-11H,12-13,24H2,(H2,25,26)/t22-/m1/s1. The Morgan fingerprint density at radius 2 is 1.74 bits per heavy atom. The lowest BCUT2D eigenvalue weighted by molar-refractivity contribution is 0.100. The molecule has 1 aliphatic heterocycles. The van der Waals surface area contributed by atoms with Crippen LogP contribution >= 0.6 is 11.6 Å². The Bertz CT molecular complexity index is 1020. The van der Waals surface area contributed by atoms with E-state index in [1.165, 1.54) is 0 Å². The van der Waals surface area contributed by atoms with E-state index in [4.69, 9.17) is 27.8 Å². The summed E-state index contributed by atoms with van der Waals surface area (Å²) in [5, 5.41) is 0.548. The van der Waals surface area contributed by atoms with Gasteiger partial charge in [0, 0.05) is 34.7 Å². The highest BCUT2D eigenvalue weighted by atomic mass is 35.5. The summed E-state index contributed by atoms with van der Waals surface area (Å²) in [7, 11) is 0. The van der Waals surface area contributed by atoms with Crippen LogP contribution in [0.3, 0.4) is 0 Å². The molecular weight excluding hydrogens is 360 g/mol. The molecule has 1 amide bonds. The van der Waals surface area contributed by atoms with Crippen molar-refractivity contribution < 1.29 is 9.53 Å². The number of hydrogen-bond acceptors (Lipinski definition) is 3. The molecule has 0 bridgehead atoms. The lowest BCUT2D eigenvalue weighted by Gasteiger charge is -2.27. The minimum atomic E-state index is -0.662. The molecule has 4 N–H and O–H groups in total. The summed E-state index contributed by atoms with van der Waals surface area (Å²) in [5.74, 6) is 0.231. The quantitative estimate of drug-likeness (QED) is 0.722. The van der Waals surface area contributed by atoms with Gasteiger partial charge in [-0.3, -0.25) is 4.79 Å². The van der Waals surface area contributed by atoms with E-state index in [0.717, 1.165) is 22.4 Å². The fourth-order valence-corrected chi connectivity index (χ4v) is 4.02. The SMILES string of the molecule is NC[C@@]1(c2ccccc2)Cc2c(ccc(Cl)c2-c2ccccc2C(N)=O)O1. The van der Waals surface area contributed by atoms with E-state index in [2.05, 4.69) is 0 Å². The van der Waals surface area contributed by atoms with E-state index in [9.17, 15) is 4.79 Å². The minimum absolute atomic E-state index is 0.320. The van der Waals surface area contributed by atoms with E-state index in [1.54, 1.807) is 18.2 Å². The van der Waals surface area contributed by atoms with Gasteiger partial charge in [-0.2, -0.15) is 0 Å². The van der Waals surface area contributed by atoms with Gasteiger partial charge in [0.15, 0.2) is 5.60 Å². The molecule has 3 aromatic carbocycles. The maximum absolute atomic E-state index is 11.9. The summed E-state index contributed by atoms with van der Waals surface area (Å²) < 4.78 is 6.35. The first-order valence-corrected chi connectivity index (χ1v) is 9.09. The van der Waals surface area contributed by atoms with Gasteiger partial charge in [0.2, 0.25) is 5.91 Å². The third kappa shape index (κ3) is 2.87. The van der Waals surface area contributed by atoms with Crippen molar-refractivity contribution >= 4 is 17.5 Å². The van der Waals surface area contributed by atoms with Gasteiger partial charge in [0.25, 0.3) is 0 Å². The molecule has 0 saturated carbocycles. The average molecular weight is 379 g/mol. The summed E-state index contributed by atoms with van der Waals surface area (Å²) in [5.41, 5.74) is 14.9. The van der Waals surface area contributed by atoms with Crippen LogP contribution in [0.15, 0.2) is 66.7 Å². The number of hydrogen-bond donors (Lipinski definition) is 2. The van der Waals surface area contributed by atoms with Gasteiger partial charge in [-0.05, 0) is 29.3 Å². The number of rotatable bonds is 4. The molecule has 1 heterocycles. The Labute approximate surface area is 162 Å². The summed E-state index contributed by atoms with van der Waals surface area (Å²) >= 11 is 6.56. The highest BCUT2D eigenvalue weighted by Gasteiger charge is 2.41. The molecule has 27 heavy (non-hydrogen) atoms. The molecule has 4 nitrogen and oxygen atoms in total. The second-order valence-corrected chi connectivity index (χ2v) is 7.06. The zero-order valence-corrected chi connectivity index (χ0v) is 15.4. The van der Waals surface area contributed by atoms with Crippen LogP contribution in [0.2, 0.25) is 5.02 Å². The second kappa shape index (κ2) is 6.72. The Kier molecular flexibility index (Phi) is 4.38. The first-order chi connectivity index (χ1) is 13.1. The van der Waals surface area contributed by atoms with Crippen LogP contribution in [0.5, 0.6) is 5.75 Å². The summed E-state index contributed by atoms with van der Waals surface area (Å²) in [6.45, 7) is 0.320. The molecule has 0 aliphatic carbocycles. The Balaban J connectivity index is 1.90. The van der Waals surface area contributed by atoms with Crippen LogP contribution in [0.4, 0.5) is 0 Å². The topological polar surface area (TPSA) is 78.3 Å². The Hall–Kier alpha value is -2.82. The zero-order chi connectivity index (χ0) is 19.0. The fraction of sp³-hybridized carbons (Fsp3) is 0.136. The molecule has 0 radical (unpaired) electrons. The van der Waals surface area contributed by atoms with Gasteiger partial charge in [0.1, 0.15) is 5.75 Å². The van der Waals surface area contributed by atoms with Gasteiger partial charge in [-0.1, -0.05) is 60.1 Å². The highest BCUT2D eigenvalue weighted by molar-refractivity contribution is 6.34. The predicted octanol–water partition coefficient (Wildman–Crippen LogP) is 3.90. The minimum Gasteiger partial charge on any atom is -0.481 e. The van der Waals surface area contributed by atoms with E-state index in [-0.39, 0.29) is 0 Å². The smallest absolute Gasteiger partial charge is 0.249 e. The van der Waals surface area contributed by atoms with Crippen molar-refractivity contribution in [3.05, 3.63) is 88.4 Å². The molecule has 0 unspecified atom stereocenters. The van der Waals surface area contributed by atoms with Crippen LogP contribution in [0, 0.1) is 0 Å². The predicted molar refractivity (Wildman–Crippen MR) is 107 cm³/mol. The maximum atomic E-state index is 11.9. The number of ether oxygens (including phenoxy) is 1. The molecule has 0 fully saturated rings. The zero-order valence-electron chi connectivity index (χ0n) is 14.6. The monoisotopic (exact) mass is 378 g/mol. The first kappa shape index (κ1) is 17.6. The molecule has 136 valence electrons. The van der Waals surface area contributed by atoms with Gasteiger partial charge in [-0.25, -0.2) is 0 Å². The van der Waals surface area contributed by atoms with Crippen molar-refractivity contribution in [3.8, 4) is 16.9 Å². The second-order valence-electron chi connectivity index (χ2n) is 6.65. The normalized spacial score (nSPS) is 18.0. The number of primary amides is 1. The average Bonchev–Trinajstić information content (AvgIpc) is 3.09. The number of nitrogens with two attached hydrogens (primary N) is 2. The van der Waals surface area contributed by atoms with Crippen LogP contribution in [-0.2, 0) is 12.0 Å². The van der Waals surface area contributed by atoms with Crippen molar-refractivity contribution in [2.45, 2.75) is 12.0 Å². The molecular formula is C22H19ClN2O2. The van der Waals surface area contributed by atoms with Gasteiger partial charge in [0.05, 0.1) is 0 Å². The third-order valence-electron chi connectivity index (χ3n) is 5.08. The van der Waals surface area contributed by atoms with E-state index < -0.39 is 11.5 Å². The van der Waals surface area contributed by atoms with Crippen molar-refractivity contribution in [1.82, 2.24) is 0 Å². The van der Waals surface area contributed by atoms with Crippen molar-refractivity contribution in [1.29, 1.82) is 0 Å². The van der Waals surface area contributed by atoms with Gasteiger partial charge >= 0.3 is 0 Å². The van der Waals surface area contributed by atoms with Crippen LogP contribution in [-0.4, -0.2) is 12.5 Å². The number of carbonyl (C=O) groups is 1. The Morgan fingerprint density at radius 1 is 1.04 bits per heavy atom. The number of amides is 1. The highest BCUT2D eigenvalue weighted by Crippen LogP contribution is 2.48. The largest absolute Gasteiger partial charge is 0.481 e. The van der Waals surface area contributed by atoms with Gasteiger partial charge in [-0.15, -0.1) is 0 Å². The number of fused-ring (bicyclic) bond motifs is 1. The molecule has 1 aliphatic rings. The lowest BCUT2D eigenvalue weighted by atomic mass is 9.86. The van der Waals surface area contributed by atoms with Crippen LogP contribution in [0.1, 0.15) is 21.5 Å². The molecule has 4 rings (SSSR count). The number of carbonyl (C=O) groups excluding carboxylic acids is 1. The molecule has 0 spiro atoms. The van der Waals surface area contributed by atoms with Crippen molar-refractivity contribution in [3.63, 3.8) is 0 Å². The fourth-order valence-electron chi connectivity index (χ4n) is 3.75. The lowest BCUT2D eigenvalue weighted by Crippen LogP contribution is -2.39.